The molecule has 0 saturated carbocycles. The van der Waals surface area contributed by atoms with Gasteiger partial charge in [-0.05, 0) is 24.3 Å². The molecule has 1 aliphatic rings. The lowest BCUT2D eigenvalue weighted by Crippen LogP contribution is -2.46. The Morgan fingerprint density at radius 1 is 1.12 bits per heavy atom. The van der Waals surface area contributed by atoms with Crippen LogP contribution in [0.3, 0.4) is 0 Å². The van der Waals surface area contributed by atoms with E-state index in [-0.39, 0.29) is 24.4 Å². The van der Waals surface area contributed by atoms with E-state index in [2.05, 4.69) is 27.2 Å². The number of aromatic nitrogens is 2. The molecule has 0 atom stereocenters. The van der Waals surface area contributed by atoms with Crippen molar-refractivity contribution in [1.29, 1.82) is 0 Å². The van der Waals surface area contributed by atoms with Crippen molar-refractivity contribution in [3.63, 3.8) is 0 Å². The van der Waals surface area contributed by atoms with Gasteiger partial charge in [-0.1, -0.05) is 6.58 Å². The smallest absolute Gasteiger partial charge is 0.330 e. The quantitative estimate of drug-likeness (QED) is 0.343. The summed E-state index contributed by atoms with van der Waals surface area (Å²) in [5.74, 6) is 1.53. The third-order valence-electron chi connectivity index (χ3n) is 6.42. The Kier molecular flexibility index (Phi) is 8.70. The molecule has 4 rings (SSSR count). The van der Waals surface area contributed by atoms with Gasteiger partial charge in [-0.3, -0.25) is 14.6 Å². The second kappa shape index (κ2) is 12.3. The van der Waals surface area contributed by atoms with Crippen LogP contribution >= 0.6 is 0 Å². The molecule has 0 saturated heterocycles. The molecule has 12 nitrogen and oxygen atoms in total. The van der Waals surface area contributed by atoms with E-state index in [0.717, 1.165) is 11.3 Å². The lowest BCUT2D eigenvalue weighted by atomic mass is 10.2. The highest BCUT2D eigenvalue weighted by molar-refractivity contribution is 6.05. The van der Waals surface area contributed by atoms with Crippen molar-refractivity contribution >= 4 is 46.5 Å². The fraction of sp³-hybridized carbons (Fsp3) is 0.286. The molecule has 3 aromatic rings. The van der Waals surface area contributed by atoms with Gasteiger partial charge < -0.3 is 29.7 Å². The number of rotatable bonds is 11. The highest BCUT2D eigenvalue weighted by Crippen LogP contribution is 2.35. The number of amides is 3. The van der Waals surface area contributed by atoms with Crippen LogP contribution in [0.5, 0.6) is 11.5 Å². The first-order chi connectivity index (χ1) is 19.3. The van der Waals surface area contributed by atoms with Crippen LogP contribution in [-0.4, -0.2) is 70.5 Å². The van der Waals surface area contributed by atoms with Crippen LogP contribution < -0.4 is 34.8 Å². The lowest BCUT2D eigenvalue weighted by molar-refractivity contribution is -0.111. The topological polar surface area (TPSA) is 121 Å². The molecule has 0 fully saturated rings. The van der Waals surface area contributed by atoms with Crippen molar-refractivity contribution in [2.24, 2.45) is 0 Å². The van der Waals surface area contributed by atoms with Gasteiger partial charge in [0.15, 0.2) is 0 Å². The number of benzene rings is 2. The number of methoxy groups -OCH3 is 3. The van der Waals surface area contributed by atoms with E-state index in [0.29, 0.717) is 47.5 Å². The van der Waals surface area contributed by atoms with Gasteiger partial charge in [0.05, 0.1) is 44.4 Å². The predicted molar refractivity (Wildman–Crippen MR) is 155 cm³/mol. The van der Waals surface area contributed by atoms with Crippen molar-refractivity contribution in [3.05, 3.63) is 60.8 Å². The zero-order chi connectivity index (χ0) is 28.8. The van der Waals surface area contributed by atoms with Crippen molar-refractivity contribution < 1.29 is 23.8 Å². The van der Waals surface area contributed by atoms with Crippen LogP contribution in [0.1, 0.15) is 5.56 Å². The third-order valence-corrected chi connectivity index (χ3v) is 6.42. The summed E-state index contributed by atoms with van der Waals surface area (Å²) in [6, 6.07) is 10.6. The SMILES string of the molecule is C=CC(=O)Nc1cc(N(C)CCOC)ccc1Nc1ncc2c(n1)N(C)C(=O)N(c1cc(OC)cc(OC)c1)C2. The van der Waals surface area contributed by atoms with Gasteiger partial charge in [-0.15, -0.1) is 0 Å². The molecule has 0 spiro atoms. The number of hydrogen-bond acceptors (Lipinski definition) is 9. The zero-order valence-electron chi connectivity index (χ0n) is 23.2. The molecular formula is C28H33N7O5. The van der Waals surface area contributed by atoms with Gasteiger partial charge in [0.1, 0.15) is 17.3 Å². The third kappa shape index (κ3) is 6.07. The minimum absolute atomic E-state index is 0.262. The molecule has 2 aromatic carbocycles. The monoisotopic (exact) mass is 547 g/mol. The molecule has 1 aromatic heterocycles. The Balaban J connectivity index is 1.62. The molecule has 210 valence electrons. The number of carbonyl (C=O) groups is 2. The minimum atomic E-state index is -0.356. The van der Waals surface area contributed by atoms with E-state index < -0.39 is 0 Å². The zero-order valence-corrected chi connectivity index (χ0v) is 23.2. The summed E-state index contributed by atoms with van der Waals surface area (Å²) in [5.41, 5.74) is 3.36. The molecule has 0 radical (unpaired) electrons. The highest BCUT2D eigenvalue weighted by atomic mass is 16.5. The van der Waals surface area contributed by atoms with Crippen molar-refractivity contribution in [3.8, 4) is 11.5 Å². The largest absolute Gasteiger partial charge is 0.497 e. The van der Waals surface area contributed by atoms with E-state index in [1.165, 1.54) is 11.0 Å². The Morgan fingerprint density at radius 2 is 1.85 bits per heavy atom. The average Bonchev–Trinajstić information content (AvgIpc) is 2.98. The molecule has 0 unspecified atom stereocenters. The molecule has 2 N–H and O–H groups in total. The van der Waals surface area contributed by atoms with E-state index in [1.807, 2.05) is 30.1 Å². The van der Waals surface area contributed by atoms with Crippen molar-refractivity contribution in [2.45, 2.75) is 6.54 Å². The average molecular weight is 548 g/mol. The Bertz CT molecular complexity index is 1390. The van der Waals surface area contributed by atoms with E-state index in [4.69, 9.17) is 14.2 Å². The molecule has 0 aliphatic carbocycles. The van der Waals surface area contributed by atoms with Crippen molar-refractivity contribution in [1.82, 2.24) is 9.97 Å². The number of likely N-dealkylation sites (N-methyl/N-ethyl adjacent to an activating group) is 1. The van der Waals surface area contributed by atoms with Gasteiger partial charge in [0.2, 0.25) is 11.9 Å². The normalized spacial score (nSPS) is 12.5. The molecule has 1 aliphatic heterocycles. The first-order valence-electron chi connectivity index (χ1n) is 12.5. The van der Waals surface area contributed by atoms with Crippen molar-refractivity contribution in [2.75, 3.05) is 73.9 Å². The fourth-order valence-corrected chi connectivity index (χ4v) is 4.16. The van der Waals surface area contributed by atoms with Crippen LogP contribution in [0.25, 0.3) is 0 Å². The summed E-state index contributed by atoms with van der Waals surface area (Å²) >= 11 is 0. The number of nitrogens with zero attached hydrogens (tertiary/aromatic N) is 5. The summed E-state index contributed by atoms with van der Waals surface area (Å²) in [6.07, 6.45) is 2.87. The number of nitrogens with one attached hydrogen (secondary N) is 2. The van der Waals surface area contributed by atoms with Gasteiger partial charge in [0.25, 0.3) is 0 Å². The maximum atomic E-state index is 13.4. The molecule has 0 bridgehead atoms. The summed E-state index contributed by atoms with van der Waals surface area (Å²) in [6.45, 7) is 5.03. The molecule has 3 amide bonds. The predicted octanol–water partition coefficient (Wildman–Crippen LogP) is 4.02. The standard InChI is InChI=1S/C28H33N7O5/c1-7-25(36)30-24-14-19(33(2)10-11-38-4)8-9-23(24)31-27-29-16-18-17-35(28(37)34(3)26(18)32-27)20-12-21(39-5)15-22(13-20)40-6/h7-9,12-16H,1,10-11,17H2,2-6H3,(H,30,36)(H,29,31,32). The van der Waals surface area contributed by atoms with Gasteiger partial charge in [0, 0.05) is 63.4 Å². The maximum absolute atomic E-state index is 13.4. The Labute approximate surface area is 233 Å². The summed E-state index contributed by atoms with van der Waals surface area (Å²) in [7, 11) is 8.35. The summed E-state index contributed by atoms with van der Waals surface area (Å²) in [4.78, 5) is 39.7. The Hall–Kier alpha value is -4.84. The van der Waals surface area contributed by atoms with E-state index in [1.54, 1.807) is 57.7 Å². The number of ether oxygens (including phenoxy) is 3. The van der Waals surface area contributed by atoms with E-state index in [9.17, 15) is 9.59 Å². The molecule has 40 heavy (non-hydrogen) atoms. The number of carbonyl (C=O) groups excluding carboxylic acids is 2. The first-order valence-corrected chi connectivity index (χ1v) is 12.5. The summed E-state index contributed by atoms with van der Waals surface area (Å²) < 4.78 is 15.9. The molecule has 12 heteroatoms. The van der Waals surface area contributed by atoms with Gasteiger partial charge in [-0.2, -0.15) is 4.98 Å². The van der Waals surface area contributed by atoms with Crippen LogP contribution in [0.2, 0.25) is 0 Å². The van der Waals surface area contributed by atoms with Crippen LogP contribution in [0.15, 0.2) is 55.3 Å². The fourth-order valence-electron chi connectivity index (χ4n) is 4.16. The number of urea groups is 1. The Morgan fingerprint density at radius 3 is 2.50 bits per heavy atom. The molecule has 2 heterocycles. The number of hydrogen-bond donors (Lipinski definition) is 2. The maximum Gasteiger partial charge on any atom is 0.330 e. The van der Waals surface area contributed by atoms with E-state index >= 15 is 0 Å². The van der Waals surface area contributed by atoms with Gasteiger partial charge >= 0.3 is 6.03 Å². The first kappa shape index (κ1) is 28.2. The highest BCUT2D eigenvalue weighted by Gasteiger charge is 2.31. The van der Waals surface area contributed by atoms with Crippen LogP contribution in [0.4, 0.5) is 39.3 Å². The molecular weight excluding hydrogens is 514 g/mol. The number of fused-ring (bicyclic) bond motifs is 1. The summed E-state index contributed by atoms with van der Waals surface area (Å²) in [5, 5.41) is 6.00. The minimum Gasteiger partial charge on any atom is -0.497 e. The van der Waals surface area contributed by atoms with Gasteiger partial charge in [-0.25, -0.2) is 9.78 Å². The van der Waals surface area contributed by atoms with Crippen LogP contribution in [0, 0.1) is 0 Å². The second-order valence-corrected chi connectivity index (χ2v) is 9.00. The number of anilines is 6. The van der Waals surface area contributed by atoms with Crippen LogP contribution in [-0.2, 0) is 16.1 Å². The second-order valence-electron chi connectivity index (χ2n) is 9.00. The lowest BCUT2D eigenvalue weighted by Gasteiger charge is -2.34.